The number of hydrogen-bond donors (Lipinski definition) is 1. The Labute approximate surface area is 142 Å². The van der Waals surface area contributed by atoms with Crippen molar-refractivity contribution in [1.82, 2.24) is 10.2 Å². The third kappa shape index (κ3) is 4.72. The Morgan fingerprint density at radius 3 is 2.42 bits per heavy atom. The highest BCUT2D eigenvalue weighted by Gasteiger charge is 2.21. The predicted molar refractivity (Wildman–Crippen MR) is 92.5 cm³/mol. The largest absolute Gasteiger partial charge is 0.472 e. The van der Waals surface area contributed by atoms with Crippen molar-refractivity contribution < 1.29 is 14.0 Å². The van der Waals surface area contributed by atoms with E-state index in [9.17, 15) is 9.59 Å². The van der Waals surface area contributed by atoms with Crippen LogP contribution in [0.25, 0.3) is 0 Å². The minimum Gasteiger partial charge on any atom is -0.472 e. The molecule has 1 aromatic carbocycles. The van der Waals surface area contributed by atoms with Crippen LogP contribution in [0.15, 0.2) is 53.3 Å². The average molecular weight is 328 g/mol. The summed E-state index contributed by atoms with van der Waals surface area (Å²) in [5, 5.41) is 2.97. The summed E-state index contributed by atoms with van der Waals surface area (Å²) >= 11 is 0. The topological polar surface area (TPSA) is 62.6 Å². The van der Waals surface area contributed by atoms with Crippen LogP contribution < -0.4 is 5.32 Å². The zero-order valence-corrected chi connectivity index (χ0v) is 14.4. The summed E-state index contributed by atoms with van der Waals surface area (Å²) in [4.78, 5) is 26.3. The summed E-state index contributed by atoms with van der Waals surface area (Å²) in [5.74, 6) is -0.195. The second-order valence-corrected chi connectivity index (χ2v) is 6.05. The first-order valence-corrected chi connectivity index (χ1v) is 8.16. The van der Waals surface area contributed by atoms with Crippen molar-refractivity contribution in [2.24, 2.45) is 0 Å². The lowest BCUT2D eigenvalue weighted by Gasteiger charge is -2.26. The van der Waals surface area contributed by atoms with Gasteiger partial charge in [0.2, 0.25) is 5.91 Å². The molecule has 24 heavy (non-hydrogen) atoms. The number of carbonyl (C=O) groups excluding carboxylic acids is 2. The highest BCUT2D eigenvalue weighted by Crippen LogP contribution is 2.12. The van der Waals surface area contributed by atoms with E-state index in [1.54, 1.807) is 11.0 Å². The molecule has 0 saturated carbocycles. The van der Waals surface area contributed by atoms with E-state index in [0.717, 1.165) is 5.56 Å². The van der Waals surface area contributed by atoms with E-state index in [1.165, 1.54) is 12.5 Å². The van der Waals surface area contributed by atoms with Crippen molar-refractivity contribution in [3.05, 3.63) is 60.1 Å². The molecule has 0 saturated heterocycles. The third-order valence-corrected chi connectivity index (χ3v) is 3.91. The van der Waals surface area contributed by atoms with E-state index in [1.807, 2.05) is 51.1 Å². The number of nitrogens with zero attached hydrogens (tertiary/aromatic N) is 1. The van der Waals surface area contributed by atoms with E-state index in [-0.39, 0.29) is 30.3 Å². The van der Waals surface area contributed by atoms with Gasteiger partial charge in [-0.05, 0) is 32.4 Å². The first-order valence-electron chi connectivity index (χ1n) is 8.16. The van der Waals surface area contributed by atoms with Gasteiger partial charge in [0.1, 0.15) is 6.26 Å². The number of furan rings is 1. The van der Waals surface area contributed by atoms with E-state index in [0.29, 0.717) is 12.1 Å². The lowest BCUT2D eigenvalue weighted by Crippen LogP contribution is -2.40. The first-order chi connectivity index (χ1) is 11.5. The molecule has 2 rings (SSSR count). The molecule has 1 N–H and O–H groups in total. The van der Waals surface area contributed by atoms with Crippen LogP contribution in [0.3, 0.4) is 0 Å². The zero-order chi connectivity index (χ0) is 17.5. The second kappa shape index (κ2) is 8.34. The van der Waals surface area contributed by atoms with Gasteiger partial charge in [-0.25, -0.2) is 0 Å². The fourth-order valence-corrected chi connectivity index (χ4v) is 2.51. The van der Waals surface area contributed by atoms with Crippen LogP contribution in [-0.2, 0) is 4.79 Å². The Bertz CT molecular complexity index is 651. The zero-order valence-electron chi connectivity index (χ0n) is 14.4. The van der Waals surface area contributed by atoms with Gasteiger partial charge in [0.15, 0.2) is 0 Å². The van der Waals surface area contributed by atoms with Gasteiger partial charge >= 0.3 is 0 Å². The molecule has 1 unspecified atom stereocenters. The molecule has 1 atom stereocenters. The third-order valence-electron chi connectivity index (χ3n) is 3.91. The van der Waals surface area contributed by atoms with Gasteiger partial charge in [-0.1, -0.05) is 30.3 Å². The van der Waals surface area contributed by atoms with Crippen molar-refractivity contribution in [3.63, 3.8) is 0 Å². The predicted octanol–water partition coefficient (Wildman–Crippen LogP) is 3.40. The summed E-state index contributed by atoms with van der Waals surface area (Å²) in [6.45, 7) is 6.18. The van der Waals surface area contributed by atoms with Crippen molar-refractivity contribution in [2.45, 2.75) is 39.3 Å². The van der Waals surface area contributed by atoms with Crippen LogP contribution >= 0.6 is 0 Å². The summed E-state index contributed by atoms with van der Waals surface area (Å²) in [5.41, 5.74) is 1.56. The molecule has 0 aliphatic carbocycles. The molecule has 0 aliphatic rings. The quantitative estimate of drug-likeness (QED) is 0.847. The second-order valence-electron chi connectivity index (χ2n) is 6.05. The van der Waals surface area contributed by atoms with E-state index in [2.05, 4.69) is 5.32 Å². The Balaban J connectivity index is 1.90. The van der Waals surface area contributed by atoms with Crippen LogP contribution in [0.1, 0.15) is 49.2 Å². The number of carbonyl (C=O) groups is 2. The number of benzene rings is 1. The van der Waals surface area contributed by atoms with Gasteiger partial charge in [0, 0.05) is 19.0 Å². The maximum atomic E-state index is 12.4. The van der Waals surface area contributed by atoms with Crippen LogP contribution in [0, 0.1) is 0 Å². The minimum atomic E-state index is -0.123. The molecule has 2 amide bonds. The maximum Gasteiger partial charge on any atom is 0.257 e. The summed E-state index contributed by atoms with van der Waals surface area (Å²) in [7, 11) is 0. The van der Waals surface area contributed by atoms with E-state index in [4.69, 9.17) is 4.42 Å². The number of amides is 2. The SMILES string of the molecule is CC(NC(=O)CCN(C(=O)c1ccoc1)C(C)C)c1ccccc1. The fraction of sp³-hybridized carbons (Fsp3) is 0.368. The van der Waals surface area contributed by atoms with Crippen LogP contribution in [-0.4, -0.2) is 29.3 Å². The molecule has 1 aromatic heterocycles. The van der Waals surface area contributed by atoms with Gasteiger partial charge < -0.3 is 14.6 Å². The Morgan fingerprint density at radius 1 is 1.12 bits per heavy atom. The van der Waals surface area contributed by atoms with Gasteiger partial charge in [0.05, 0.1) is 17.9 Å². The molecule has 2 aromatic rings. The van der Waals surface area contributed by atoms with Gasteiger partial charge in [-0.3, -0.25) is 9.59 Å². The van der Waals surface area contributed by atoms with Crippen molar-refractivity contribution in [2.75, 3.05) is 6.54 Å². The van der Waals surface area contributed by atoms with Crippen molar-refractivity contribution in [3.8, 4) is 0 Å². The molecular formula is C19H24N2O3. The molecular weight excluding hydrogens is 304 g/mol. The summed E-state index contributed by atoms with van der Waals surface area (Å²) < 4.78 is 4.97. The van der Waals surface area contributed by atoms with E-state index < -0.39 is 0 Å². The number of rotatable bonds is 7. The smallest absolute Gasteiger partial charge is 0.257 e. The molecule has 0 spiro atoms. The first kappa shape index (κ1) is 17.8. The number of hydrogen-bond acceptors (Lipinski definition) is 3. The van der Waals surface area contributed by atoms with Crippen LogP contribution in [0.4, 0.5) is 0 Å². The molecule has 0 bridgehead atoms. The Hall–Kier alpha value is -2.56. The number of nitrogens with one attached hydrogen (secondary N) is 1. The van der Waals surface area contributed by atoms with E-state index >= 15 is 0 Å². The molecule has 5 nitrogen and oxygen atoms in total. The average Bonchev–Trinajstić information content (AvgIpc) is 3.09. The highest BCUT2D eigenvalue weighted by molar-refractivity contribution is 5.94. The van der Waals surface area contributed by atoms with Crippen molar-refractivity contribution >= 4 is 11.8 Å². The lowest BCUT2D eigenvalue weighted by atomic mass is 10.1. The normalized spacial score (nSPS) is 12.0. The molecule has 0 aliphatic heterocycles. The fourth-order valence-electron chi connectivity index (χ4n) is 2.51. The molecule has 0 fully saturated rings. The van der Waals surface area contributed by atoms with Crippen molar-refractivity contribution in [1.29, 1.82) is 0 Å². The summed E-state index contributed by atoms with van der Waals surface area (Å²) in [6, 6.07) is 11.4. The molecule has 1 heterocycles. The van der Waals surface area contributed by atoms with Crippen LogP contribution in [0.5, 0.6) is 0 Å². The van der Waals surface area contributed by atoms with Gasteiger partial charge in [0.25, 0.3) is 5.91 Å². The molecule has 5 heteroatoms. The van der Waals surface area contributed by atoms with Gasteiger partial charge in [-0.2, -0.15) is 0 Å². The van der Waals surface area contributed by atoms with Gasteiger partial charge in [-0.15, -0.1) is 0 Å². The lowest BCUT2D eigenvalue weighted by molar-refractivity contribution is -0.122. The Kier molecular flexibility index (Phi) is 6.18. The minimum absolute atomic E-state index is 0.00625. The maximum absolute atomic E-state index is 12.4. The van der Waals surface area contributed by atoms with Crippen LogP contribution in [0.2, 0.25) is 0 Å². The monoisotopic (exact) mass is 328 g/mol. The highest BCUT2D eigenvalue weighted by atomic mass is 16.3. The molecule has 0 radical (unpaired) electrons. The molecule has 128 valence electrons. The standard InChI is InChI=1S/C19H24N2O3/c1-14(2)21(19(23)17-10-12-24-13-17)11-9-18(22)20-15(3)16-7-5-4-6-8-16/h4-8,10,12-15H,9,11H2,1-3H3,(H,20,22). The summed E-state index contributed by atoms with van der Waals surface area (Å²) in [6.07, 6.45) is 3.16. The Morgan fingerprint density at radius 2 is 1.83 bits per heavy atom.